The van der Waals surface area contributed by atoms with Gasteiger partial charge in [0.1, 0.15) is 5.75 Å². The smallest absolute Gasteiger partial charge is 0.255 e. The monoisotopic (exact) mass is 338 g/mol. The van der Waals surface area contributed by atoms with Crippen molar-refractivity contribution in [1.82, 2.24) is 14.9 Å². The molecule has 0 saturated heterocycles. The maximum atomic E-state index is 12.6. The van der Waals surface area contributed by atoms with Crippen molar-refractivity contribution in [2.24, 2.45) is 5.73 Å². The van der Waals surface area contributed by atoms with Gasteiger partial charge in [-0.25, -0.2) is 4.52 Å². The fourth-order valence-corrected chi connectivity index (χ4v) is 2.75. The molecule has 6 heteroatoms. The summed E-state index contributed by atoms with van der Waals surface area (Å²) in [5, 5.41) is 16.5. The third kappa shape index (κ3) is 3.97. The number of carbonyl (C=O) groups excluding carboxylic acids is 1. The molecule has 3 rings (SSSR count). The van der Waals surface area contributed by atoms with Crippen molar-refractivity contribution in [2.75, 3.05) is 0 Å². The summed E-state index contributed by atoms with van der Waals surface area (Å²) in [6, 6.07) is 10.9. The molecule has 1 atom stereocenters. The Hall–Kier alpha value is -2.86. The molecule has 1 amide bonds. The fraction of sp³-hybridized carbons (Fsp3) is 0.263. The highest BCUT2D eigenvalue weighted by Gasteiger charge is 2.15. The second-order valence-corrected chi connectivity index (χ2v) is 6.21. The largest absolute Gasteiger partial charge is 0.508 e. The minimum atomic E-state index is -0.137. The molecule has 1 unspecified atom stereocenters. The number of phenolic OH excluding ortho intramolecular Hbond substituents is 1. The first kappa shape index (κ1) is 17.0. The predicted molar refractivity (Wildman–Crippen MR) is 96.4 cm³/mol. The van der Waals surface area contributed by atoms with Crippen LogP contribution in [-0.4, -0.2) is 26.7 Å². The third-order valence-corrected chi connectivity index (χ3v) is 4.25. The van der Waals surface area contributed by atoms with Gasteiger partial charge in [0.15, 0.2) is 0 Å². The van der Waals surface area contributed by atoms with Crippen LogP contribution in [0.3, 0.4) is 0 Å². The van der Waals surface area contributed by atoms with Crippen molar-refractivity contribution in [3.05, 3.63) is 65.5 Å². The Morgan fingerprint density at radius 3 is 2.76 bits per heavy atom. The summed E-state index contributed by atoms with van der Waals surface area (Å²) < 4.78 is 1.68. The van der Waals surface area contributed by atoms with Crippen LogP contribution in [-0.2, 0) is 13.0 Å². The standard InChI is InChI=1S/C19H22N4O2/c1-13(2-3-14-4-6-16(24)7-5-14)22-19(25)17-12-21-23-9-8-15(11-20)10-18(17)23/h4-10,12-13,24H,2-3,11,20H2,1H3,(H,22,25). The van der Waals surface area contributed by atoms with E-state index in [2.05, 4.69) is 10.4 Å². The molecule has 0 bridgehead atoms. The van der Waals surface area contributed by atoms with Gasteiger partial charge in [-0.05, 0) is 55.2 Å². The van der Waals surface area contributed by atoms with Gasteiger partial charge in [-0.1, -0.05) is 12.1 Å². The molecule has 2 heterocycles. The number of hydrogen-bond acceptors (Lipinski definition) is 4. The number of aryl methyl sites for hydroxylation is 1. The molecule has 1 aromatic carbocycles. The first-order valence-electron chi connectivity index (χ1n) is 8.32. The van der Waals surface area contributed by atoms with E-state index in [0.29, 0.717) is 12.1 Å². The number of hydrogen-bond donors (Lipinski definition) is 3. The topological polar surface area (TPSA) is 92.6 Å². The number of nitrogens with two attached hydrogens (primary N) is 1. The summed E-state index contributed by atoms with van der Waals surface area (Å²) in [5.41, 5.74) is 9.07. The number of fused-ring (bicyclic) bond motifs is 1. The summed E-state index contributed by atoms with van der Waals surface area (Å²) >= 11 is 0. The molecule has 0 aliphatic rings. The summed E-state index contributed by atoms with van der Waals surface area (Å²) in [7, 11) is 0. The zero-order valence-corrected chi connectivity index (χ0v) is 14.1. The third-order valence-electron chi connectivity index (χ3n) is 4.25. The Bertz CT molecular complexity index is 871. The predicted octanol–water partition coefficient (Wildman–Crippen LogP) is 2.25. The van der Waals surface area contributed by atoms with Gasteiger partial charge in [0.05, 0.1) is 17.3 Å². The van der Waals surface area contributed by atoms with Crippen LogP contribution in [0.25, 0.3) is 5.52 Å². The molecule has 2 aromatic heterocycles. The second-order valence-electron chi connectivity index (χ2n) is 6.21. The van der Waals surface area contributed by atoms with Gasteiger partial charge < -0.3 is 16.2 Å². The van der Waals surface area contributed by atoms with Crippen molar-refractivity contribution >= 4 is 11.4 Å². The van der Waals surface area contributed by atoms with Gasteiger partial charge in [0.25, 0.3) is 5.91 Å². The van der Waals surface area contributed by atoms with Crippen LogP contribution in [0.2, 0.25) is 0 Å². The van der Waals surface area contributed by atoms with Gasteiger partial charge in [-0.3, -0.25) is 4.79 Å². The molecule has 4 N–H and O–H groups in total. The van der Waals surface area contributed by atoms with E-state index >= 15 is 0 Å². The van der Waals surface area contributed by atoms with Crippen LogP contribution < -0.4 is 11.1 Å². The summed E-state index contributed by atoms with van der Waals surface area (Å²) in [5.74, 6) is 0.123. The molecular formula is C19H22N4O2. The highest BCUT2D eigenvalue weighted by Crippen LogP contribution is 2.14. The average Bonchev–Trinajstić information content (AvgIpc) is 3.04. The van der Waals surface area contributed by atoms with Gasteiger partial charge in [0.2, 0.25) is 0 Å². The van der Waals surface area contributed by atoms with Crippen LogP contribution in [0.1, 0.15) is 34.8 Å². The Morgan fingerprint density at radius 1 is 1.28 bits per heavy atom. The van der Waals surface area contributed by atoms with E-state index in [1.807, 2.05) is 37.4 Å². The van der Waals surface area contributed by atoms with E-state index in [9.17, 15) is 9.90 Å². The number of nitrogens with one attached hydrogen (secondary N) is 1. The quantitative estimate of drug-likeness (QED) is 0.643. The highest BCUT2D eigenvalue weighted by molar-refractivity contribution is 6.00. The molecular weight excluding hydrogens is 316 g/mol. The zero-order valence-electron chi connectivity index (χ0n) is 14.1. The molecule has 3 aromatic rings. The van der Waals surface area contributed by atoms with E-state index in [1.54, 1.807) is 22.8 Å². The Kier molecular flexibility index (Phi) is 5.00. The molecule has 130 valence electrons. The molecule has 0 fully saturated rings. The van der Waals surface area contributed by atoms with Crippen molar-refractivity contribution in [1.29, 1.82) is 0 Å². The van der Waals surface area contributed by atoms with Crippen LogP contribution >= 0.6 is 0 Å². The van der Waals surface area contributed by atoms with E-state index in [1.165, 1.54) is 0 Å². The maximum Gasteiger partial charge on any atom is 0.255 e. The van der Waals surface area contributed by atoms with E-state index < -0.39 is 0 Å². The summed E-state index contributed by atoms with van der Waals surface area (Å²) in [6.45, 7) is 2.40. The SMILES string of the molecule is CC(CCc1ccc(O)cc1)NC(=O)c1cnn2ccc(CN)cc12. The molecule has 0 aliphatic heterocycles. The van der Waals surface area contributed by atoms with Gasteiger partial charge in [0, 0.05) is 18.8 Å². The average molecular weight is 338 g/mol. The van der Waals surface area contributed by atoms with Crippen LogP contribution in [0, 0.1) is 0 Å². The van der Waals surface area contributed by atoms with Crippen molar-refractivity contribution in [3.63, 3.8) is 0 Å². The number of phenols is 1. The Morgan fingerprint density at radius 2 is 2.04 bits per heavy atom. The number of carbonyl (C=O) groups is 1. The molecule has 0 aliphatic carbocycles. The van der Waals surface area contributed by atoms with Crippen molar-refractivity contribution in [2.45, 2.75) is 32.4 Å². The van der Waals surface area contributed by atoms with Crippen molar-refractivity contribution < 1.29 is 9.90 Å². The molecule has 0 spiro atoms. The van der Waals surface area contributed by atoms with Gasteiger partial charge in [-0.2, -0.15) is 5.10 Å². The number of pyridine rings is 1. The Labute approximate surface area is 146 Å². The van der Waals surface area contributed by atoms with Crippen LogP contribution in [0.15, 0.2) is 48.8 Å². The lowest BCUT2D eigenvalue weighted by Gasteiger charge is -2.13. The second kappa shape index (κ2) is 7.36. The number of nitrogens with zero attached hydrogens (tertiary/aromatic N) is 2. The lowest BCUT2D eigenvalue weighted by atomic mass is 10.1. The number of benzene rings is 1. The molecule has 6 nitrogen and oxygen atoms in total. The lowest BCUT2D eigenvalue weighted by molar-refractivity contribution is 0.0940. The molecule has 25 heavy (non-hydrogen) atoms. The zero-order chi connectivity index (χ0) is 17.8. The maximum absolute atomic E-state index is 12.6. The van der Waals surface area contributed by atoms with Crippen LogP contribution in [0.5, 0.6) is 5.75 Å². The van der Waals surface area contributed by atoms with E-state index in [4.69, 9.17) is 5.73 Å². The number of amides is 1. The van der Waals surface area contributed by atoms with E-state index in [0.717, 1.165) is 29.5 Å². The fourth-order valence-electron chi connectivity index (χ4n) is 2.75. The highest BCUT2D eigenvalue weighted by atomic mass is 16.3. The van der Waals surface area contributed by atoms with E-state index in [-0.39, 0.29) is 17.7 Å². The van der Waals surface area contributed by atoms with Gasteiger partial charge >= 0.3 is 0 Å². The molecule has 0 radical (unpaired) electrons. The summed E-state index contributed by atoms with van der Waals surface area (Å²) in [6.07, 6.45) is 5.03. The number of aromatic hydroxyl groups is 1. The van der Waals surface area contributed by atoms with Crippen LogP contribution in [0.4, 0.5) is 0 Å². The van der Waals surface area contributed by atoms with Crippen molar-refractivity contribution in [3.8, 4) is 5.75 Å². The molecule has 0 saturated carbocycles. The Balaban J connectivity index is 1.64. The normalized spacial score (nSPS) is 12.2. The minimum absolute atomic E-state index is 0.0222. The van der Waals surface area contributed by atoms with Gasteiger partial charge in [-0.15, -0.1) is 0 Å². The first-order chi connectivity index (χ1) is 12.1. The number of aromatic nitrogens is 2. The number of rotatable bonds is 6. The lowest BCUT2D eigenvalue weighted by Crippen LogP contribution is -2.32. The first-order valence-corrected chi connectivity index (χ1v) is 8.32. The summed E-state index contributed by atoms with van der Waals surface area (Å²) in [4.78, 5) is 12.6. The minimum Gasteiger partial charge on any atom is -0.508 e.